The van der Waals surface area contributed by atoms with Crippen LogP contribution in [0.15, 0.2) is 43.0 Å². The molecule has 0 aliphatic rings. The number of amides is 1. The molecule has 0 aliphatic heterocycles. The summed E-state index contributed by atoms with van der Waals surface area (Å²) in [7, 11) is 0. The molecule has 0 spiro atoms. The van der Waals surface area contributed by atoms with Crippen LogP contribution in [0.3, 0.4) is 0 Å². The molecular weight excluding hydrogens is 254 g/mol. The molecule has 1 aromatic carbocycles. The van der Waals surface area contributed by atoms with Crippen LogP contribution in [0, 0.1) is 0 Å². The van der Waals surface area contributed by atoms with Gasteiger partial charge in [-0.1, -0.05) is 6.07 Å². The number of hydrogen-bond donors (Lipinski definition) is 1. The van der Waals surface area contributed by atoms with Crippen LogP contribution in [0.1, 0.15) is 23.7 Å². The first kappa shape index (κ1) is 14.1. The van der Waals surface area contributed by atoms with E-state index in [4.69, 9.17) is 4.74 Å². The van der Waals surface area contributed by atoms with E-state index in [0.717, 1.165) is 18.7 Å². The van der Waals surface area contributed by atoms with Crippen molar-refractivity contribution in [1.82, 2.24) is 14.9 Å². The van der Waals surface area contributed by atoms with Crippen LogP contribution in [0.4, 0.5) is 0 Å². The summed E-state index contributed by atoms with van der Waals surface area (Å²) in [6.45, 7) is 3.99. The number of imidazole rings is 1. The first-order valence-corrected chi connectivity index (χ1v) is 6.76. The molecule has 20 heavy (non-hydrogen) atoms. The molecular formula is C15H19N3O2. The van der Waals surface area contributed by atoms with Crippen molar-refractivity contribution in [3.63, 3.8) is 0 Å². The second-order valence-corrected chi connectivity index (χ2v) is 4.37. The highest BCUT2D eigenvalue weighted by molar-refractivity contribution is 5.94. The molecule has 0 bridgehead atoms. The molecule has 0 saturated carbocycles. The minimum absolute atomic E-state index is 0.0721. The highest BCUT2D eigenvalue weighted by atomic mass is 16.5. The largest absolute Gasteiger partial charge is 0.494 e. The number of benzene rings is 1. The van der Waals surface area contributed by atoms with Crippen LogP contribution >= 0.6 is 0 Å². The number of hydrogen-bond acceptors (Lipinski definition) is 3. The smallest absolute Gasteiger partial charge is 0.251 e. The molecule has 0 radical (unpaired) electrons. The van der Waals surface area contributed by atoms with Crippen LogP contribution in [0.5, 0.6) is 5.75 Å². The second-order valence-electron chi connectivity index (χ2n) is 4.37. The fourth-order valence-corrected chi connectivity index (χ4v) is 1.88. The highest BCUT2D eigenvalue weighted by Gasteiger charge is 2.05. The lowest BCUT2D eigenvalue weighted by atomic mass is 10.2. The molecule has 1 heterocycles. The topological polar surface area (TPSA) is 56.1 Å². The van der Waals surface area contributed by atoms with Gasteiger partial charge in [0.15, 0.2) is 0 Å². The summed E-state index contributed by atoms with van der Waals surface area (Å²) in [5.74, 6) is 0.649. The Kier molecular flexibility index (Phi) is 5.17. The molecule has 5 nitrogen and oxygen atoms in total. The average molecular weight is 273 g/mol. The lowest BCUT2D eigenvalue weighted by molar-refractivity contribution is 0.0952. The van der Waals surface area contributed by atoms with Crippen LogP contribution < -0.4 is 10.1 Å². The number of rotatable bonds is 7. The molecule has 1 aromatic heterocycles. The summed E-state index contributed by atoms with van der Waals surface area (Å²) in [6.07, 6.45) is 6.30. The second kappa shape index (κ2) is 7.33. The maximum atomic E-state index is 12.0. The van der Waals surface area contributed by atoms with Gasteiger partial charge in [-0.2, -0.15) is 0 Å². The van der Waals surface area contributed by atoms with Crippen molar-refractivity contribution in [1.29, 1.82) is 0 Å². The van der Waals surface area contributed by atoms with E-state index >= 15 is 0 Å². The summed E-state index contributed by atoms with van der Waals surface area (Å²) in [4.78, 5) is 15.9. The fraction of sp³-hybridized carbons (Fsp3) is 0.333. The Balaban J connectivity index is 1.78. The van der Waals surface area contributed by atoms with Crippen LogP contribution in [-0.2, 0) is 6.54 Å². The predicted molar refractivity (Wildman–Crippen MR) is 76.8 cm³/mol. The Morgan fingerprint density at radius 2 is 2.35 bits per heavy atom. The summed E-state index contributed by atoms with van der Waals surface area (Å²) in [6, 6.07) is 7.22. The minimum Gasteiger partial charge on any atom is -0.494 e. The lowest BCUT2D eigenvalue weighted by Crippen LogP contribution is -2.25. The van der Waals surface area contributed by atoms with Crippen LogP contribution in [0.25, 0.3) is 0 Å². The molecule has 0 saturated heterocycles. The van der Waals surface area contributed by atoms with Gasteiger partial charge in [-0.15, -0.1) is 0 Å². The number of nitrogens with one attached hydrogen (secondary N) is 1. The maximum Gasteiger partial charge on any atom is 0.251 e. The molecule has 2 aromatic rings. The Bertz CT molecular complexity index is 538. The third-order valence-electron chi connectivity index (χ3n) is 2.85. The molecule has 5 heteroatoms. The number of nitrogens with zero attached hydrogens (tertiary/aromatic N) is 2. The van der Waals surface area contributed by atoms with E-state index < -0.39 is 0 Å². The van der Waals surface area contributed by atoms with Crippen molar-refractivity contribution in [2.24, 2.45) is 0 Å². The first-order chi connectivity index (χ1) is 9.79. The molecule has 106 valence electrons. The van der Waals surface area contributed by atoms with E-state index in [-0.39, 0.29) is 5.91 Å². The predicted octanol–water partition coefficient (Wildman–Crippen LogP) is 2.10. The van der Waals surface area contributed by atoms with Crippen molar-refractivity contribution in [3.05, 3.63) is 48.5 Å². The van der Waals surface area contributed by atoms with Gasteiger partial charge in [0, 0.05) is 31.0 Å². The molecule has 0 fully saturated rings. The summed E-state index contributed by atoms with van der Waals surface area (Å²) in [5.41, 5.74) is 0.624. The van der Waals surface area contributed by atoms with Gasteiger partial charge in [-0.25, -0.2) is 4.98 Å². The zero-order valence-corrected chi connectivity index (χ0v) is 11.6. The van der Waals surface area contributed by atoms with Gasteiger partial charge in [0.2, 0.25) is 0 Å². The van der Waals surface area contributed by atoms with E-state index in [1.54, 1.807) is 24.7 Å². The van der Waals surface area contributed by atoms with Gasteiger partial charge >= 0.3 is 0 Å². The van der Waals surface area contributed by atoms with Crippen molar-refractivity contribution in [3.8, 4) is 5.75 Å². The molecule has 0 aliphatic carbocycles. The summed E-state index contributed by atoms with van der Waals surface area (Å²) < 4.78 is 7.37. The Labute approximate surface area is 118 Å². The monoisotopic (exact) mass is 273 g/mol. The van der Waals surface area contributed by atoms with Gasteiger partial charge in [-0.3, -0.25) is 4.79 Å². The summed E-state index contributed by atoms with van der Waals surface area (Å²) in [5, 5.41) is 2.90. The van der Waals surface area contributed by atoms with Crippen molar-refractivity contribution in [2.75, 3.05) is 13.2 Å². The number of carbonyl (C=O) groups excluding carboxylic acids is 1. The highest BCUT2D eigenvalue weighted by Crippen LogP contribution is 2.13. The van der Waals surface area contributed by atoms with Crippen LogP contribution in [0.2, 0.25) is 0 Å². The Morgan fingerprint density at radius 3 is 3.10 bits per heavy atom. The summed E-state index contributed by atoms with van der Waals surface area (Å²) >= 11 is 0. The van der Waals surface area contributed by atoms with Crippen molar-refractivity contribution in [2.45, 2.75) is 19.9 Å². The SMILES string of the molecule is CCOc1cccc(C(=O)NCCCn2ccnc2)c1. The normalized spacial score (nSPS) is 10.2. The Hall–Kier alpha value is -2.30. The van der Waals surface area contributed by atoms with E-state index in [1.165, 1.54) is 0 Å². The van der Waals surface area contributed by atoms with Gasteiger partial charge in [0.1, 0.15) is 5.75 Å². The maximum absolute atomic E-state index is 12.0. The molecule has 1 N–H and O–H groups in total. The van der Waals surface area contributed by atoms with Gasteiger partial charge in [-0.05, 0) is 31.5 Å². The number of aromatic nitrogens is 2. The first-order valence-electron chi connectivity index (χ1n) is 6.76. The van der Waals surface area contributed by atoms with Gasteiger partial charge in [0.25, 0.3) is 5.91 Å². The van der Waals surface area contributed by atoms with Crippen molar-refractivity contribution < 1.29 is 9.53 Å². The quantitative estimate of drug-likeness (QED) is 0.786. The zero-order valence-electron chi connectivity index (χ0n) is 11.6. The van der Waals surface area contributed by atoms with Crippen molar-refractivity contribution >= 4 is 5.91 Å². The van der Waals surface area contributed by atoms with E-state index in [9.17, 15) is 4.79 Å². The number of carbonyl (C=O) groups is 1. The van der Waals surface area contributed by atoms with E-state index in [1.807, 2.05) is 29.8 Å². The zero-order chi connectivity index (χ0) is 14.2. The van der Waals surface area contributed by atoms with Gasteiger partial charge < -0.3 is 14.6 Å². The van der Waals surface area contributed by atoms with Gasteiger partial charge in [0.05, 0.1) is 12.9 Å². The standard InChI is InChI=1S/C15H19N3O2/c1-2-20-14-6-3-5-13(11-14)15(19)17-7-4-9-18-10-8-16-12-18/h3,5-6,8,10-12H,2,4,7,9H2,1H3,(H,17,19). The average Bonchev–Trinajstić information content (AvgIpc) is 2.97. The molecule has 2 rings (SSSR count). The number of aryl methyl sites for hydroxylation is 1. The third-order valence-corrected chi connectivity index (χ3v) is 2.85. The van der Waals surface area contributed by atoms with E-state index in [0.29, 0.717) is 18.7 Å². The molecule has 0 unspecified atom stereocenters. The fourth-order valence-electron chi connectivity index (χ4n) is 1.88. The number of ether oxygens (including phenoxy) is 1. The Morgan fingerprint density at radius 1 is 1.45 bits per heavy atom. The lowest BCUT2D eigenvalue weighted by Gasteiger charge is -2.07. The molecule has 1 amide bonds. The molecule has 0 atom stereocenters. The third kappa shape index (κ3) is 4.12. The minimum atomic E-state index is -0.0721. The van der Waals surface area contributed by atoms with E-state index in [2.05, 4.69) is 10.3 Å². The van der Waals surface area contributed by atoms with Crippen LogP contribution in [-0.4, -0.2) is 28.6 Å².